The van der Waals surface area contributed by atoms with Gasteiger partial charge in [-0.3, -0.25) is 9.59 Å². The zero-order chi connectivity index (χ0) is 13.5. The molecule has 1 atom stereocenters. The number of likely N-dealkylation sites (tertiary alicyclic amines) is 1. The van der Waals surface area contributed by atoms with Crippen LogP contribution in [-0.2, 0) is 19.1 Å². The molecule has 5 heteroatoms. The summed E-state index contributed by atoms with van der Waals surface area (Å²) in [6.07, 6.45) is 4.67. The van der Waals surface area contributed by atoms with E-state index >= 15 is 0 Å². The summed E-state index contributed by atoms with van der Waals surface area (Å²) in [7, 11) is 1.18. The topological polar surface area (TPSA) is 63.7 Å². The molecule has 1 aliphatic heterocycles. The van der Waals surface area contributed by atoms with Crippen LogP contribution in [0.4, 0.5) is 0 Å². The normalized spacial score (nSPS) is 19.4. The van der Waals surface area contributed by atoms with Crippen LogP contribution >= 0.6 is 0 Å². The second kappa shape index (κ2) is 7.13. The van der Waals surface area contributed by atoms with Gasteiger partial charge in [-0.2, -0.15) is 0 Å². The monoisotopic (exact) mass is 255 g/mol. The second-order valence-electron chi connectivity index (χ2n) is 4.57. The van der Waals surface area contributed by atoms with E-state index in [9.17, 15) is 14.4 Å². The highest BCUT2D eigenvalue weighted by Crippen LogP contribution is 2.20. The van der Waals surface area contributed by atoms with Crippen molar-refractivity contribution in [2.75, 3.05) is 13.7 Å². The first-order valence-electron chi connectivity index (χ1n) is 6.53. The van der Waals surface area contributed by atoms with Crippen molar-refractivity contribution in [3.63, 3.8) is 0 Å². The van der Waals surface area contributed by atoms with E-state index in [-0.39, 0.29) is 5.78 Å². The number of ether oxygens (including phenoxy) is 1. The molecule has 1 heterocycles. The first kappa shape index (κ1) is 14.7. The molecular weight excluding hydrogens is 234 g/mol. The Kier molecular flexibility index (Phi) is 5.82. The lowest BCUT2D eigenvalue weighted by Crippen LogP contribution is -2.50. The van der Waals surface area contributed by atoms with E-state index in [1.54, 1.807) is 0 Å². The molecule has 1 saturated heterocycles. The van der Waals surface area contributed by atoms with Crippen LogP contribution in [0.1, 0.15) is 45.4 Å². The first-order valence-corrected chi connectivity index (χ1v) is 6.53. The van der Waals surface area contributed by atoms with Crippen molar-refractivity contribution in [1.82, 2.24) is 4.90 Å². The summed E-state index contributed by atoms with van der Waals surface area (Å²) < 4.78 is 4.43. The summed E-state index contributed by atoms with van der Waals surface area (Å²) in [4.78, 5) is 36.5. The number of hydrogen-bond donors (Lipinski definition) is 0. The molecular formula is C13H21NO4. The molecule has 0 aromatic heterocycles. The van der Waals surface area contributed by atoms with Crippen molar-refractivity contribution in [1.29, 1.82) is 0 Å². The minimum absolute atomic E-state index is 0.0637. The molecule has 0 N–H and O–H groups in total. The van der Waals surface area contributed by atoms with Crippen LogP contribution < -0.4 is 0 Å². The van der Waals surface area contributed by atoms with E-state index < -0.39 is 17.9 Å². The lowest BCUT2D eigenvalue weighted by molar-refractivity contribution is -0.161. The Balaban J connectivity index is 2.70. The third-order valence-corrected chi connectivity index (χ3v) is 3.27. The number of esters is 1. The van der Waals surface area contributed by atoms with E-state index in [2.05, 4.69) is 4.74 Å². The fraction of sp³-hybridized carbons (Fsp3) is 0.769. The molecule has 1 rings (SSSR count). The standard InChI is InChI=1S/C13H21NO4/c1-3-4-8-11(15)10-7-5-6-9-14(10)12(16)13(17)18-2/h10H,3-9H2,1-2H3/t10-/m0/s1. The number of hydrogen-bond acceptors (Lipinski definition) is 4. The van der Waals surface area contributed by atoms with Crippen LogP contribution in [0.25, 0.3) is 0 Å². The summed E-state index contributed by atoms with van der Waals surface area (Å²) in [6.45, 7) is 2.49. The zero-order valence-electron chi connectivity index (χ0n) is 11.1. The molecule has 18 heavy (non-hydrogen) atoms. The van der Waals surface area contributed by atoms with Gasteiger partial charge in [-0.15, -0.1) is 0 Å². The minimum atomic E-state index is -0.884. The fourth-order valence-electron chi connectivity index (χ4n) is 2.23. The van der Waals surface area contributed by atoms with Gasteiger partial charge < -0.3 is 9.64 Å². The quantitative estimate of drug-likeness (QED) is 0.561. The van der Waals surface area contributed by atoms with Crippen molar-refractivity contribution in [2.24, 2.45) is 0 Å². The number of ketones is 1. The van der Waals surface area contributed by atoms with E-state index in [0.29, 0.717) is 19.4 Å². The Labute approximate surface area is 107 Å². The lowest BCUT2D eigenvalue weighted by Gasteiger charge is -2.33. The summed E-state index contributed by atoms with van der Waals surface area (Å²) >= 11 is 0. The van der Waals surface area contributed by atoms with Crippen molar-refractivity contribution in [2.45, 2.75) is 51.5 Å². The third kappa shape index (κ3) is 3.55. The molecule has 5 nitrogen and oxygen atoms in total. The van der Waals surface area contributed by atoms with E-state index in [4.69, 9.17) is 0 Å². The number of rotatable bonds is 4. The van der Waals surface area contributed by atoms with Gasteiger partial charge in [-0.05, 0) is 25.7 Å². The second-order valence-corrected chi connectivity index (χ2v) is 4.57. The average Bonchev–Trinajstić information content (AvgIpc) is 2.43. The summed E-state index contributed by atoms with van der Waals surface area (Å²) in [6, 6.07) is -0.433. The van der Waals surface area contributed by atoms with Crippen molar-refractivity contribution in [3.05, 3.63) is 0 Å². The summed E-state index contributed by atoms with van der Waals surface area (Å²) in [5.41, 5.74) is 0. The van der Waals surface area contributed by atoms with Gasteiger partial charge in [-0.25, -0.2) is 4.79 Å². The van der Waals surface area contributed by atoms with Gasteiger partial charge in [0.15, 0.2) is 5.78 Å². The Morgan fingerprint density at radius 2 is 2.00 bits per heavy atom. The number of unbranched alkanes of at least 4 members (excludes halogenated alkanes) is 1. The summed E-state index contributed by atoms with van der Waals surface area (Å²) in [5, 5.41) is 0. The zero-order valence-corrected chi connectivity index (χ0v) is 11.1. The summed E-state index contributed by atoms with van der Waals surface area (Å²) in [5.74, 6) is -1.51. The Morgan fingerprint density at radius 1 is 1.28 bits per heavy atom. The highest BCUT2D eigenvalue weighted by molar-refractivity contribution is 6.32. The molecule has 102 valence electrons. The van der Waals surface area contributed by atoms with Crippen molar-refractivity contribution < 1.29 is 19.1 Å². The highest BCUT2D eigenvalue weighted by Gasteiger charge is 2.34. The van der Waals surface area contributed by atoms with Crippen LogP contribution in [0.15, 0.2) is 0 Å². The fourth-order valence-corrected chi connectivity index (χ4v) is 2.23. The molecule has 0 spiro atoms. The van der Waals surface area contributed by atoms with Gasteiger partial charge in [0, 0.05) is 13.0 Å². The molecule has 0 radical (unpaired) electrons. The average molecular weight is 255 g/mol. The maximum absolute atomic E-state index is 12.0. The van der Waals surface area contributed by atoms with Crippen LogP contribution in [0.5, 0.6) is 0 Å². The van der Waals surface area contributed by atoms with Crippen LogP contribution in [-0.4, -0.2) is 42.3 Å². The van der Waals surface area contributed by atoms with Gasteiger partial charge in [0.05, 0.1) is 13.2 Å². The van der Waals surface area contributed by atoms with Crippen molar-refractivity contribution >= 4 is 17.7 Å². The van der Waals surface area contributed by atoms with Crippen LogP contribution in [0.2, 0.25) is 0 Å². The van der Waals surface area contributed by atoms with E-state index in [1.807, 2.05) is 6.92 Å². The van der Waals surface area contributed by atoms with Gasteiger partial charge in [0.25, 0.3) is 0 Å². The van der Waals surface area contributed by atoms with Gasteiger partial charge in [-0.1, -0.05) is 13.3 Å². The maximum Gasteiger partial charge on any atom is 0.396 e. The number of amides is 1. The van der Waals surface area contributed by atoms with Crippen molar-refractivity contribution in [3.8, 4) is 0 Å². The smallest absolute Gasteiger partial charge is 0.396 e. The predicted octanol–water partition coefficient (Wildman–Crippen LogP) is 1.30. The third-order valence-electron chi connectivity index (χ3n) is 3.27. The highest BCUT2D eigenvalue weighted by atomic mass is 16.5. The Hall–Kier alpha value is -1.39. The largest absolute Gasteiger partial charge is 0.462 e. The molecule has 1 fully saturated rings. The molecule has 0 saturated carbocycles. The van der Waals surface area contributed by atoms with Gasteiger partial charge in [0.2, 0.25) is 0 Å². The minimum Gasteiger partial charge on any atom is -0.462 e. The number of carbonyl (C=O) groups is 3. The molecule has 0 bridgehead atoms. The number of nitrogens with zero attached hydrogens (tertiary/aromatic N) is 1. The Bertz CT molecular complexity index is 327. The number of piperidine rings is 1. The van der Waals surface area contributed by atoms with Crippen LogP contribution in [0, 0.1) is 0 Å². The SMILES string of the molecule is CCCCC(=O)[C@@H]1CCCCN1C(=O)C(=O)OC. The molecule has 0 aromatic rings. The number of carbonyl (C=O) groups excluding carboxylic acids is 3. The molecule has 0 aromatic carbocycles. The number of Topliss-reactive ketones (excluding diaryl/α,β-unsaturated/α-hetero) is 1. The maximum atomic E-state index is 12.0. The Morgan fingerprint density at radius 3 is 2.61 bits per heavy atom. The molecule has 1 aliphatic rings. The van der Waals surface area contributed by atoms with E-state index in [1.165, 1.54) is 12.0 Å². The first-order chi connectivity index (χ1) is 8.61. The number of methoxy groups -OCH3 is 1. The molecule has 0 aliphatic carbocycles. The predicted molar refractivity (Wildman–Crippen MR) is 65.9 cm³/mol. The lowest BCUT2D eigenvalue weighted by atomic mass is 9.95. The molecule has 1 amide bonds. The van der Waals surface area contributed by atoms with Gasteiger partial charge in [0.1, 0.15) is 0 Å². The van der Waals surface area contributed by atoms with E-state index in [0.717, 1.165) is 25.7 Å². The van der Waals surface area contributed by atoms with Gasteiger partial charge >= 0.3 is 11.9 Å². The molecule has 0 unspecified atom stereocenters. The van der Waals surface area contributed by atoms with Crippen LogP contribution in [0.3, 0.4) is 0 Å².